The third-order valence-electron chi connectivity index (χ3n) is 5.41. The van der Waals surface area contributed by atoms with Crippen molar-refractivity contribution >= 4 is 23.5 Å². The number of hydrogen-bond acceptors (Lipinski definition) is 8. The topological polar surface area (TPSA) is 86.8 Å². The van der Waals surface area contributed by atoms with Crippen molar-refractivity contribution in [1.82, 2.24) is 9.80 Å². The third kappa shape index (κ3) is 6.68. The molecule has 1 saturated heterocycles. The number of benzene rings is 2. The molecule has 1 amide bonds. The average Bonchev–Trinajstić information content (AvgIpc) is 2.87. The van der Waals surface area contributed by atoms with Gasteiger partial charge in [-0.15, -0.1) is 0 Å². The lowest BCUT2D eigenvalue weighted by atomic mass is 10.1. The molecule has 0 unspecified atom stereocenters. The Labute approximate surface area is 204 Å². The second kappa shape index (κ2) is 12.3. The number of rotatable bonds is 10. The van der Waals surface area contributed by atoms with Crippen LogP contribution in [0.3, 0.4) is 0 Å². The molecule has 2 aromatic rings. The number of esters is 1. The van der Waals surface area contributed by atoms with Crippen molar-refractivity contribution in [3.63, 3.8) is 0 Å². The maximum absolute atomic E-state index is 13.0. The van der Waals surface area contributed by atoms with E-state index in [0.717, 1.165) is 0 Å². The molecule has 0 aromatic heterocycles. The largest absolute Gasteiger partial charge is 0.493 e. The second-order valence-corrected chi connectivity index (χ2v) is 7.95. The van der Waals surface area contributed by atoms with Crippen LogP contribution in [0, 0.1) is 0 Å². The van der Waals surface area contributed by atoms with Crippen LogP contribution in [-0.4, -0.2) is 88.9 Å². The lowest BCUT2D eigenvalue weighted by Gasteiger charge is -2.34. The summed E-state index contributed by atoms with van der Waals surface area (Å²) in [6, 6.07) is 10.1. The highest BCUT2D eigenvalue weighted by Gasteiger charge is 2.24. The molecule has 10 heteroatoms. The molecule has 0 spiro atoms. The first kappa shape index (κ1) is 25.5. The highest BCUT2D eigenvalue weighted by Crippen LogP contribution is 2.38. The molecule has 1 fully saturated rings. The molecule has 1 heterocycles. The highest BCUT2D eigenvalue weighted by atomic mass is 35.5. The van der Waals surface area contributed by atoms with E-state index in [2.05, 4.69) is 4.90 Å². The molecule has 34 heavy (non-hydrogen) atoms. The summed E-state index contributed by atoms with van der Waals surface area (Å²) in [5, 5.41) is 0.597. The minimum atomic E-state index is -0.439. The van der Waals surface area contributed by atoms with Gasteiger partial charge in [0, 0.05) is 43.3 Å². The van der Waals surface area contributed by atoms with E-state index >= 15 is 0 Å². The van der Waals surface area contributed by atoms with E-state index in [1.54, 1.807) is 41.3 Å². The van der Waals surface area contributed by atoms with Gasteiger partial charge in [0.05, 0.1) is 21.3 Å². The van der Waals surface area contributed by atoms with Gasteiger partial charge in [0.1, 0.15) is 12.4 Å². The van der Waals surface area contributed by atoms with Crippen LogP contribution < -0.4 is 18.9 Å². The first-order chi connectivity index (χ1) is 16.4. The van der Waals surface area contributed by atoms with Gasteiger partial charge in [-0.3, -0.25) is 9.69 Å². The van der Waals surface area contributed by atoms with Crippen molar-refractivity contribution in [2.45, 2.75) is 0 Å². The highest BCUT2D eigenvalue weighted by molar-refractivity contribution is 6.30. The molecule has 3 rings (SSSR count). The molecule has 2 aromatic carbocycles. The van der Waals surface area contributed by atoms with E-state index < -0.39 is 5.97 Å². The summed E-state index contributed by atoms with van der Waals surface area (Å²) in [7, 11) is 4.55. The molecule has 0 aliphatic carbocycles. The molecule has 0 bridgehead atoms. The van der Waals surface area contributed by atoms with Gasteiger partial charge >= 0.3 is 5.97 Å². The van der Waals surface area contributed by atoms with Gasteiger partial charge in [0.15, 0.2) is 18.1 Å². The molecule has 1 aliphatic heterocycles. The Hall–Kier alpha value is -3.17. The van der Waals surface area contributed by atoms with Crippen LogP contribution in [0.1, 0.15) is 10.4 Å². The summed E-state index contributed by atoms with van der Waals surface area (Å²) < 4.78 is 26.6. The minimum absolute atomic E-state index is 0.107. The number of methoxy groups -OCH3 is 3. The zero-order valence-electron chi connectivity index (χ0n) is 19.5. The van der Waals surface area contributed by atoms with Crippen LogP contribution in [0.25, 0.3) is 0 Å². The van der Waals surface area contributed by atoms with Crippen molar-refractivity contribution in [2.75, 3.05) is 67.3 Å². The first-order valence-corrected chi connectivity index (χ1v) is 11.2. The Morgan fingerprint density at radius 1 is 0.912 bits per heavy atom. The van der Waals surface area contributed by atoms with Crippen LogP contribution in [0.4, 0.5) is 0 Å². The van der Waals surface area contributed by atoms with Crippen molar-refractivity contribution in [2.24, 2.45) is 0 Å². The smallest absolute Gasteiger partial charge is 0.344 e. The second-order valence-electron chi connectivity index (χ2n) is 7.51. The van der Waals surface area contributed by atoms with Gasteiger partial charge in [-0.05, 0) is 36.4 Å². The predicted octanol–water partition coefficient (Wildman–Crippen LogP) is 2.75. The fourth-order valence-electron chi connectivity index (χ4n) is 3.57. The van der Waals surface area contributed by atoms with Crippen LogP contribution in [0.5, 0.6) is 23.0 Å². The van der Waals surface area contributed by atoms with Gasteiger partial charge in [0.2, 0.25) is 5.75 Å². The van der Waals surface area contributed by atoms with E-state index in [1.807, 2.05) is 0 Å². The maximum atomic E-state index is 13.0. The Kier molecular flexibility index (Phi) is 9.24. The van der Waals surface area contributed by atoms with Crippen LogP contribution in [0.15, 0.2) is 36.4 Å². The fraction of sp³-hybridized carbons (Fsp3) is 0.417. The number of hydrogen-bond donors (Lipinski definition) is 0. The number of carbonyl (C=O) groups is 2. The number of carbonyl (C=O) groups excluding carboxylic acids is 2. The van der Waals surface area contributed by atoms with E-state index in [4.69, 9.17) is 35.3 Å². The fourth-order valence-corrected chi connectivity index (χ4v) is 3.69. The quantitative estimate of drug-likeness (QED) is 0.468. The number of piperazine rings is 1. The summed E-state index contributed by atoms with van der Waals surface area (Å²) >= 11 is 5.82. The van der Waals surface area contributed by atoms with Crippen LogP contribution in [-0.2, 0) is 9.53 Å². The number of amides is 1. The van der Waals surface area contributed by atoms with Crippen molar-refractivity contribution < 1.29 is 33.3 Å². The molecule has 9 nitrogen and oxygen atoms in total. The van der Waals surface area contributed by atoms with Gasteiger partial charge < -0.3 is 28.6 Å². The van der Waals surface area contributed by atoms with Gasteiger partial charge in [-0.25, -0.2) is 4.79 Å². The van der Waals surface area contributed by atoms with Crippen molar-refractivity contribution in [3.05, 3.63) is 47.0 Å². The van der Waals surface area contributed by atoms with Gasteiger partial charge in [-0.2, -0.15) is 0 Å². The molecule has 0 radical (unpaired) electrons. The zero-order valence-corrected chi connectivity index (χ0v) is 20.3. The Bertz CT molecular complexity index is 951. The van der Waals surface area contributed by atoms with Crippen molar-refractivity contribution in [1.29, 1.82) is 0 Å². The molecule has 0 N–H and O–H groups in total. The molecule has 1 aliphatic rings. The molecule has 0 atom stereocenters. The standard InChI is InChI=1S/C24H29ClN2O7/c1-30-20-14-17(15-21(31-2)23(20)32-3)24(29)27-10-8-26(9-11-27)12-13-33-22(28)16-34-19-6-4-18(25)5-7-19/h4-7,14-15H,8-13,16H2,1-3H3. The number of ether oxygens (including phenoxy) is 5. The van der Waals surface area contributed by atoms with Gasteiger partial charge in [0.25, 0.3) is 5.91 Å². The lowest BCUT2D eigenvalue weighted by Crippen LogP contribution is -2.49. The Morgan fingerprint density at radius 2 is 1.53 bits per heavy atom. The van der Waals surface area contributed by atoms with E-state index in [9.17, 15) is 9.59 Å². The summed E-state index contributed by atoms with van der Waals surface area (Å²) in [5.41, 5.74) is 0.470. The van der Waals surface area contributed by atoms with Crippen LogP contribution in [0.2, 0.25) is 5.02 Å². The van der Waals surface area contributed by atoms with E-state index in [1.165, 1.54) is 21.3 Å². The normalized spacial score (nSPS) is 13.8. The maximum Gasteiger partial charge on any atom is 0.344 e. The van der Waals surface area contributed by atoms with Crippen LogP contribution >= 0.6 is 11.6 Å². The summed E-state index contributed by atoms with van der Waals surface area (Å²) in [6.07, 6.45) is 0. The minimum Gasteiger partial charge on any atom is -0.493 e. The SMILES string of the molecule is COc1cc(C(=O)N2CCN(CCOC(=O)COc3ccc(Cl)cc3)CC2)cc(OC)c1OC. The number of halogens is 1. The number of nitrogens with zero attached hydrogens (tertiary/aromatic N) is 2. The zero-order chi connectivity index (χ0) is 24.5. The predicted molar refractivity (Wildman–Crippen MR) is 126 cm³/mol. The third-order valence-corrected chi connectivity index (χ3v) is 5.66. The van der Waals surface area contributed by atoms with Gasteiger partial charge in [-0.1, -0.05) is 11.6 Å². The van der Waals surface area contributed by atoms with E-state index in [-0.39, 0.29) is 19.1 Å². The van der Waals surface area contributed by atoms with Crippen molar-refractivity contribution in [3.8, 4) is 23.0 Å². The Morgan fingerprint density at radius 3 is 2.09 bits per heavy atom. The van der Waals surface area contributed by atoms with E-state index in [0.29, 0.717) is 66.3 Å². The molecular formula is C24H29ClN2O7. The summed E-state index contributed by atoms with van der Waals surface area (Å²) in [5.74, 6) is 1.32. The molecule has 0 saturated carbocycles. The lowest BCUT2D eigenvalue weighted by molar-refractivity contribution is -0.146. The monoisotopic (exact) mass is 492 g/mol. The summed E-state index contributed by atoms with van der Waals surface area (Å²) in [6.45, 7) is 3.14. The Balaban J connectivity index is 1.42. The first-order valence-electron chi connectivity index (χ1n) is 10.8. The average molecular weight is 493 g/mol. The molecule has 184 valence electrons. The summed E-state index contributed by atoms with van der Waals surface area (Å²) in [4.78, 5) is 28.8. The molecular weight excluding hydrogens is 464 g/mol.